The molecule has 4 atom stereocenters. The van der Waals surface area contributed by atoms with Crippen LogP contribution in [-0.4, -0.2) is 47.5 Å². The summed E-state index contributed by atoms with van der Waals surface area (Å²) in [6.45, 7) is 2.80. The van der Waals surface area contributed by atoms with Crippen molar-refractivity contribution in [2.45, 2.75) is 37.4 Å². The van der Waals surface area contributed by atoms with Crippen LogP contribution in [0.1, 0.15) is 30.9 Å². The summed E-state index contributed by atoms with van der Waals surface area (Å²) in [5.41, 5.74) is 7.77. The first-order valence-electron chi connectivity index (χ1n) is 8.27. The van der Waals surface area contributed by atoms with E-state index >= 15 is 0 Å². The number of amides is 1. The molecule has 3 fully saturated rings. The van der Waals surface area contributed by atoms with Gasteiger partial charge >= 0.3 is 0 Å². The van der Waals surface area contributed by atoms with E-state index in [9.17, 15) is 4.79 Å². The van der Waals surface area contributed by atoms with Gasteiger partial charge in [-0.3, -0.25) is 15.2 Å². The third kappa shape index (κ3) is 2.41. The average Bonchev–Trinajstić information content (AvgIpc) is 3.22. The van der Waals surface area contributed by atoms with E-state index < -0.39 is 0 Å². The van der Waals surface area contributed by atoms with Crippen LogP contribution >= 0.6 is 0 Å². The van der Waals surface area contributed by atoms with Gasteiger partial charge in [0.2, 0.25) is 5.91 Å². The Balaban J connectivity index is 1.52. The number of hydrazine groups is 1. The van der Waals surface area contributed by atoms with Gasteiger partial charge in [-0.25, -0.2) is 5.43 Å². The van der Waals surface area contributed by atoms with Gasteiger partial charge in [0.05, 0.1) is 6.04 Å². The van der Waals surface area contributed by atoms with Gasteiger partial charge in [-0.1, -0.05) is 0 Å². The predicted octanol–water partition coefficient (Wildman–Crippen LogP) is 0.200. The minimum absolute atomic E-state index is 0.111. The SMILES string of the molecule is O=C(C1NNC2CCNCC21)N1CCCC1c1ccncc1. The number of rotatable bonds is 2. The first kappa shape index (κ1) is 14.1. The van der Waals surface area contributed by atoms with Crippen molar-refractivity contribution in [3.63, 3.8) is 0 Å². The van der Waals surface area contributed by atoms with E-state index in [1.54, 1.807) is 0 Å². The lowest BCUT2D eigenvalue weighted by atomic mass is 9.88. The molecule has 0 bridgehead atoms. The zero-order valence-electron chi connectivity index (χ0n) is 12.7. The van der Waals surface area contributed by atoms with Gasteiger partial charge in [-0.05, 0) is 43.5 Å². The molecule has 118 valence electrons. The highest BCUT2D eigenvalue weighted by Gasteiger charge is 2.44. The fourth-order valence-corrected chi connectivity index (χ4v) is 4.10. The zero-order chi connectivity index (χ0) is 14.9. The second-order valence-electron chi connectivity index (χ2n) is 6.50. The first-order valence-corrected chi connectivity index (χ1v) is 8.27. The van der Waals surface area contributed by atoms with Crippen molar-refractivity contribution in [1.29, 1.82) is 0 Å². The molecule has 0 spiro atoms. The highest BCUT2D eigenvalue weighted by Crippen LogP contribution is 2.33. The number of carbonyl (C=O) groups is 1. The highest BCUT2D eigenvalue weighted by atomic mass is 16.2. The third-order valence-electron chi connectivity index (χ3n) is 5.27. The molecule has 4 heterocycles. The molecule has 0 aromatic carbocycles. The van der Waals surface area contributed by atoms with Crippen LogP contribution in [0.2, 0.25) is 0 Å². The molecule has 22 heavy (non-hydrogen) atoms. The van der Waals surface area contributed by atoms with Crippen LogP contribution in [0.4, 0.5) is 0 Å². The molecule has 3 aliphatic heterocycles. The van der Waals surface area contributed by atoms with E-state index in [0.717, 1.165) is 38.9 Å². The standard InChI is InChI=1S/C16H23N5O/c22-16(15-12-10-18-8-5-13(12)19-20-15)21-9-1-2-14(21)11-3-6-17-7-4-11/h3-4,6-7,12-15,18-20H,1-2,5,8-10H2. The Labute approximate surface area is 130 Å². The van der Waals surface area contributed by atoms with Crippen LogP contribution in [0.25, 0.3) is 0 Å². The minimum Gasteiger partial charge on any atom is -0.334 e. The molecule has 3 saturated heterocycles. The smallest absolute Gasteiger partial charge is 0.241 e. The number of carbonyl (C=O) groups excluding carboxylic acids is 1. The molecule has 6 heteroatoms. The van der Waals surface area contributed by atoms with Gasteiger partial charge < -0.3 is 10.2 Å². The number of fused-ring (bicyclic) bond motifs is 1. The second-order valence-corrected chi connectivity index (χ2v) is 6.50. The summed E-state index contributed by atoms with van der Waals surface area (Å²) < 4.78 is 0. The maximum Gasteiger partial charge on any atom is 0.241 e. The van der Waals surface area contributed by atoms with Crippen molar-refractivity contribution in [2.75, 3.05) is 19.6 Å². The zero-order valence-corrected chi connectivity index (χ0v) is 12.7. The fraction of sp³-hybridized carbons (Fsp3) is 0.625. The summed E-state index contributed by atoms with van der Waals surface area (Å²) in [4.78, 5) is 19.2. The summed E-state index contributed by atoms with van der Waals surface area (Å²) in [7, 11) is 0. The molecule has 6 nitrogen and oxygen atoms in total. The van der Waals surface area contributed by atoms with Crippen LogP contribution in [0.15, 0.2) is 24.5 Å². The fourth-order valence-electron chi connectivity index (χ4n) is 4.10. The maximum atomic E-state index is 13.1. The monoisotopic (exact) mass is 301 g/mol. The second kappa shape index (κ2) is 5.95. The van der Waals surface area contributed by atoms with Crippen LogP contribution < -0.4 is 16.2 Å². The molecule has 0 aliphatic carbocycles. The lowest BCUT2D eigenvalue weighted by Crippen LogP contribution is -2.50. The van der Waals surface area contributed by atoms with E-state index in [-0.39, 0.29) is 18.0 Å². The molecule has 3 aliphatic rings. The Bertz CT molecular complexity index is 537. The van der Waals surface area contributed by atoms with E-state index in [1.165, 1.54) is 5.56 Å². The molecule has 1 amide bonds. The van der Waals surface area contributed by atoms with Crippen molar-refractivity contribution in [2.24, 2.45) is 5.92 Å². The number of hydrogen-bond acceptors (Lipinski definition) is 5. The Hall–Kier alpha value is -1.50. The highest BCUT2D eigenvalue weighted by molar-refractivity contribution is 5.83. The van der Waals surface area contributed by atoms with Gasteiger partial charge in [-0.2, -0.15) is 0 Å². The molecule has 1 aromatic heterocycles. The Morgan fingerprint density at radius 3 is 2.95 bits per heavy atom. The molecule has 4 rings (SSSR count). The lowest BCUT2D eigenvalue weighted by Gasteiger charge is -2.32. The topological polar surface area (TPSA) is 69.3 Å². The summed E-state index contributed by atoms with van der Waals surface area (Å²) in [5.74, 6) is 0.586. The lowest BCUT2D eigenvalue weighted by molar-refractivity contribution is -0.135. The Morgan fingerprint density at radius 1 is 1.23 bits per heavy atom. The largest absolute Gasteiger partial charge is 0.334 e. The maximum absolute atomic E-state index is 13.1. The van der Waals surface area contributed by atoms with E-state index in [1.807, 2.05) is 24.5 Å². The van der Waals surface area contributed by atoms with Gasteiger partial charge in [0.25, 0.3) is 0 Å². The minimum atomic E-state index is -0.111. The van der Waals surface area contributed by atoms with Gasteiger partial charge in [0, 0.05) is 37.4 Å². The molecular weight excluding hydrogens is 278 g/mol. The first-order chi connectivity index (χ1) is 10.8. The van der Waals surface area contributed by atoms with Crippen molar-refractivity contribution < 1.29 is 4.79 Å². The normalized spacial score (nSPS) is 34.6. The van der Waals surface area contributed by atoms with Crippen molar-refractivity contribution in [1.82, 2.24) is 26.1 Å². The number of nitrogens with one attached hydrogen (secondary N) is 3. The predicted molar refractivity (Wildman–Crippen MR) is 82.7 cm³/mol. The number of pyridine rings is 1. The summed E-state index contributed by atoms with van der Waals surface area (Å²) >= 11 is 0. The van der Waals surface area contributed by atoms with Crippen LogP contribution in [0.3, 0.4) is 0 Å². The molecule has 1 aromatic rings. The van der Waals surface area contributed by atoms with Gasteiger partial charge in [-0.15, -0.1) is 0 Å². The van der Waals surface area contributed by atoms with Crippen LogP contribution in [0.5, 0.6) is 0 Å². The quantitative estimate of drug-likeness (QED) is 0.728. The molecule has 4 unspecified atom stereocenters. The number of nitrogens with zero attached hydrogens (tertiary/aromatic N) is 2. The van der Waals surface area contributed by atoms with E-state index in [0.29, 0.717) is 12.0 Å². The van der Waals surface area contributed by atoms with Gasteiger partial charge in [0.1, 0.15) is 6.04 Å². The molecule has 0 radical (unpaired) electrons. The van der Waals surface area contributed by atoms with E-state index in [4.69, 9.17) is 0 Å². The molecule has 3 N–H and O–H groups in total. The number of hydrogen-bond donors (Lipinski definition) is 3. The van der Waals surface area contributed by atoms with Gasteiger partial charge in [0.15, 0.2) is 0 Å². The third-order valence-corrected chi connectivity index (χ3v) is 5.27. The van der Waals surface area contributed by atoms with Crippen LogP contribution in [-0.2, 0) is 4.79 Å². The average molecular weight is 301 g/mol. The van der Waals surface area contributed by atoms with E-state index in [2.05, 4.69) is 26.1 Å². The summed E-state index contributed by atoms with van der Waals surface area (Å²) in [5, 5.41) is 3.42. The number of aromatic nitrogens is 1. The molecular formula is C16H23N5O. The number of piperidine rings is 1. The van der Waals surface area contributed by atoms with Crippen LogP contribution in [0, 0.1) is 5.92 Å². The molecule has 0 saturated carbocycles. The van der Waals surface area contributed by atoms with Crippen molar-refractivity contribution in [3.8, 4) is 0 Å². The summed E-state index contributed by atoms with van der Waals surface area (Å²) in [6.07, 6.45) is 6.82. The van der Waals surface area contributed by atoms with Crippen molar-refractivity contribution in [3.05, 3.63) is 30.1 Å². The van der Waals surface area contributed by atoms with Crippen molar-refractivity contribution >= 4 is 5.91 Å². The Morgan fingerprint density at radius 2 is 2.09 bits per heavy atom. The summed E-state index contributed by atoms with van der Waals surface area (Å²) in [6, 6.07) is 4.56. The number of likely N-dealkylation sites (tertiary alicyclic amines) is 1. The Kier molecular flexibility index (Phi) is 3.82.